The Bertz CT molecular complexity index is 2380. The fraction of sp³-hybridized carbons (Fsp3) is 0. The molecular weight excluding hydrogens is 504 g/mol. The summed E-state index contributed by atoms with van der Waals surface area (Å²) < 4.78 is 8.45. The lowest BCUT2D eigenvalue weighted by Gasteiger charge is -2.19. The van der Waals surface area contributed by atoms with Crippen LogP contribution >= 0.6 is 11.3 Å². The number of furan rings is 1. The second-order valence-electron chi connectivity index (χ2n) is 10.4. The zero-order valence-electron chi connectivity index (χ0n) is 21.5. The van der Waals surface area contributed by atoms with Crippen LogP contribution in [0.5, 0.6) is 0 Å². The molecule has 0 spiro atoms. The van der Waals surface area contributed by atoms with Crippen molar-refractivity contribution in [3.63, 3.8) is 0 Å². The molecule has 0 aliphatic carbocycles. The van der Waals surface area contributed by atoms with Crippen LogP contribution in [0.1, 0.15) is 0 Å². The van der Waals surface area contributed by atoms with Gasteiger partial charge in [-0.05, 0) is 66.7 Å². The molecule has 2 heteroatoms. The minimum Gasteiger partial charge on any atom is -0.463 e. The van der Waals surface area contributed by atoms with Crippen LogP contribution in [-0.4, -0.2) is 0 Å². The van der Waals surface area contributed by atoms with E-state index in [2.05, 4.69) is 121 Å². The fourth-order valence-electron chi connectivity index (χ4n) is 6.67. The SMILES string of the molecule is c1ccc2c(-c3c4ccccc4c(-c4cccc5sc6c(ccc7ccoc76)c45)c4ccccc34)cccc2c1. The van der Waals surface area contributed by atoms with Crippen molar-refractivity contribution in [1.29, 1.82) is 0 Å². The molecule has 0 radical (unpaired) electrons. The summed E-state index contributed by atoms with van der Waals surface area (Å²) >= 11 is 1.82. The summed E-state index contributed by atoms with van der Waals surface area (Å²) in [4.78, 5) is 0. The summed E-state index contributed by atoms with van der Waals surface area (Å²) in [5.74, 6) is 0. The predicted octanol–water partition coefficient (Wildman–Crippen LogP) is 11.6. The number of hydrogen-bond donors (Lipinski definition) is 0. The van der Waals surface area contributed by atoms with Gasteiger partial charge in [0.25, 0.3) is 0 Å². The quantitative estimate of drug-likeness (QED) is 0.204. The highest BCUT2D eigenvalue weighted by atomic mass is 32.1. The summed E-state index contributed by atoms with van der Waals surface area (Å²) in [6.07, 6.45) is 1.79. The zero-order valence-corrected chi connectivity index (χ0v) is 22.3. The van der Waals surface area contributed by atoms with Gasteiger partial charge in [0.2, 0.25) is 0 Å². The highest BCUT2D eigenvalue weighted by Gasteiger charge is 2.21. The molecule has 9 aromatic rings. The maximum absolute atomic E-state index is 5.96. The van der Waals surface area contributed by atoms with Crippen LogP contribution in [0.3, 0.4) is 0 Å². The molecule has 0 fully saturated rings. The molecule has 0 amide bonds. The van der Waals surface area contributed by atoms with Crippen LogP contribution in [0.4, 0.5) is 0 Å². The lowest BCUT2D eigenvalue weighted by molar-refractivity contribution is 0.619. The molecule has 9 rings (SSSR count). The molecule has 0 saturated carbocycles. The van der Waals surface area contributed by atoms with E-state index in [-0.39, 0.29) is 0 Å². The van der Waals surface area contributed by atoms with E-state index in [1.54, 1.807) is 6.26 Å². The summed E-state index contributed by atoms with van der Waals surface area (Å²) in [7, 11) is 0. The van der Waals surface area contributed by atoms with E-state index in [9.17, 15) is 0 Å². The number of rotatable bonds is 2. The third kappa shape index (κ3) is 2.97. The first-order chi connectivity index (χ1) is 19.9. The van der Waals surface area contributed by atoms with Crippen molar-refractivity contribution >= 4 is 74.8 Å². The van der Waals surface area contributed by atoms with E-state index in [0.717, 1.165) is 11.0 Å². The van der Waals surface area contributed by atoms with Gasteiger partial charge in [0, 0.05) is 20.9 Å². The average Bonchev–Trinajstić information content (AvgIpc) is 3.64. The van der Waals surface area contributed by atoms with Gasteiger partial charge in [-0.1, -0.05) is 115 Å². The second-order valence-corrected chi connectivity index (χ2v) is 11.5. The molecule has 0 N–H and O–H groups in total. The van der Waals surface area contributed by atoms with Crippen molar-refractivity contribution in [2.45, 2.75) is 0 Å². The fourth-order valence-corrected chi connectivity index (χ4v) is 7.90. The Morgan fingerprint density at radius 3 is 1.77 bits per heavy atom. The highest BCUT2D eigenvalue weighted by Crippen LogP contribution is 2.49. The largest absolute Gasteiger partial charge is 0.463 e. The van der Waals surface area contributed by atoms with Crippen LogP contribution in [0.15, 0.2) is 138 Å². The number of hydrogen-bond acceptors (Lipinski definition) is 2. The van der Waals surface area contributed by atoms with Gasteiger partial charge in [-0.2, -0.15) is 0 Å². The lowest BCUT2D eigenvalue weighted by atomic mass is 9.84. The molecule has 7 aromatic carbocycles. The third-order valence-corrected chi connectivity index (χ3v) is 9.51. The predicted molar refractivity (Wildman–Crippen MR) is 172 cm³/mol. The zero-order chi connectivity index (χ0) is 26.2. The molecule has 1 nitrogen and oxygen atoms in total. The number of benzene rings is 7. The first kappa shape index (κ1) is 22.0. The van der Waals surface area contributed by atoms with Gasteiger partial charge in [-0.25, -0.2) is 0 Å². The van der Waals surface area contributed by atoms with Gasteiger partial charge < -0.3 is 4.42 Å². The van der Waals surface area contributed by atoms with E-state index in [4.69, 9.17) is 4.42 Å². The Kier molecular flexibility index (Phi) is 4.55. The second kappa shape index (κ2) is 8.29. The topological polar surface area (TPSA) is 13.1 Å². The van der Waals surface area contributed by atoms with Crippen molar-refractivity contribution in [3.8, 4) is 22.3 Å². The van der Waals surface area contributed by atoms with Crippen LogP contribution in [-0.2, 0) is 0 Å². The molecule has 186 valence electrons. The molecule has 0 atom stereocenters. The molecular formula is C38H22OS. The number of thiophene rings is 1. The average molecular weight is 527 g/mol. The van der Waals surface area contributed by atoms with Crippen molar-refractivity contribution in [3.05, 3.63) is 134 Å². The molecule has 0 aliphatic heterocycles. The maximum atomic E-state index is 5.96. The van der Waals surface area contributed by atoms with Crippen molar-refractivity contribution in [2.24, 2.45) is 0 Å². The van der Waals surface area contributed by atoms with E-state index in [0.29, 0.717) is 0 Å². The maximum Gasteiger partial charge on any atom is 0.151 e. The summed E-state index contributed by atoms with van der Waals surface area (Å²) in [6.45, 7) is 0. The van der Waals surface area contributed by atoms with E-state index in [1.807, 2.05) is 17.4 Å². The summed E-state index contributed by atoms with van der Waals surface area (Å²) in [5.41, 5.74) is 6.11. The summed E-state index contributed by atoms with van der Waals surface area (Å²) in [5, 5.41) is 11.3. The highest BCUT2D eigenvalue weighted by molar-refractivity contribution is 7.26. The van der Waals surface area contributed by atoms with Gasteiger partial charge in [0.05, 0.1) is 11.0 Å². The van der Waals surface area contributed by atoms with E-state index < -0.39 is 0 Å². The Morgan fingerprint density at radius 2 is 1.02 bits per heavy atom. The van der Waals surface area contributed by atoms with Gasteiger partial charge in [-0.3, -0.25) is 0 Å². The Balaban J connectivity index is 1.47. The number of fused-ring (bicyclic) bond motifs is 8. The minimum atomic E-state index is 0.977. The third-order valence-electron chi connectivity index (χ3n) is 8.34. The first-order valence-electron chi connectivity index (χ1n) is 13.6. The molecule has 40 heavy (non-hydrogen) atoms. The minimum absolute atomic E-state index is 0.977. The molecule has 2 heterocycles. The monoisotopic (exact) mass is 526 g/mol. The molecule has 0 bridgehead atoms. The van der Waals surface area contributed by atoms with Crippen molar-refractivity contribution in [2.75, 3.05) is 0 Å². The van der Waals surface area contributed by atoms with Crippen LogP contribution in [0.25, 0.3) is 85.7 Å². The smallest absolute Gasteiger partial charge is 0.151 e. The van der Waals surface area contributed by atoms with Gasteiger partial charge >= 0.3 is 0 Å². The molecule has 0 unspecified atom stereocenters. The first-order valence-corrected chi connectivity index (χ1v) is 14.4. The Labute approximate surface area is 234 Å². The van der Waals surface area contributed by atoms with Crippen LogP contribution < -0.4 is 0 Å². The normalized spacial score (nSPS) is 12.0. The van der Waals surface area contributed by atoms with Crippen molar-refractivity contribution < 1.29 is 4.42 Å². The van der Waals surface area contributed by atoms with Crippen LogP contribution in [0, 0.1) is 0 Å². The van der Waals surface area contributed by atoms with Gasteiger partial charge in [-0.15, -0.1) is 11.3 Å². The lowest BCUT2D eigenvalue weighted by Crippen LogP contribution is -1.92. The molecule has 2 aromatic heterocycles. The Morgan fingerprint density at radius 1 is 0.425 bits per heavy atom. The van der Waals surface area contributed by atoms with Crippen molar-refractivity contribution in [1.82, 2.24) is 0 Å². The van der Waals surface area contributed by atoms with Gasteiger partial charge in [0.1, 0.15) is 0 Å². The standard InChI is InChI=1S/C38H22OS/c1-2-11-25-23(9-1)10-7-16-26(25)34-27-12-3-5-14-29(27)35(30-15-6-4-13-28(30)34)31-17-8-18-33-36(31)32-20-19-24-21-22-39-37(24)38(32)40-33/h1-22H. The van der Waals surface area contributed by atoms with E-state index >= 15 is 0 Å². The molecule has 0 saturated heterocycles. The Hall–Kier alpha value is -4.92. The van der Waals surface area contributed by atoms with E-state index in [1.165, 1.54) is 74.7 Å². The molecule has 0 aliphatic rings. The van der Waals surface area contributed by atoms with Gasteiger partial charge in [0.15, 0.2) is 5.58 Å². The summed E-state index contributed by atoms with van der Waals surface area (Å²) in [6, 6.07) is 46.5. The van der Waals surface area contributed by atoms with Crippen LogP contribution in [0.2, 0.25) is 0 Å².